The zero-order chi connectivity index (χ0) is 104. The van der Waals surface area contributed by atoms with Crippen LogP contribution in [0, 0.1) is 45.2 Å². The predicted molar refractivity (Wildman–Crippen MR) is 585 cm³/mol. The molecule has 0 saturated carbocycles. The van der Waals surface area contributed by atoms with Gasteiger partial charge < -0.3 is 68.8 Å². The van der Waals surface area contributed by atoms with Gasteiger partial charge >= 0.3 is 13.6 Å². The Bertz CT molecular complexity index is 7090. The van der Waals surface area contributed by atoms with Gasteiger partial charge in [0.2, 0.25) is 0 Å². The number of aromatic nitrogens is 2. The molecule has 10 aromatic carbocycles. The summed E-state index contributed by atoms with van der Waals surface area (Å²) in [4.78, 5) is 46.8. The number of carbonyl (C=O) groups excluding carboxylic acids is 1. The molecule has 7 N–H and O–H groups in total. The van der Waals surface area contributed by atoms with Gasteiger partial charge in [0.25, 0.3) is 20.0 Å². The van der Waals surface area contributed by atoms with Crippen molar-refractivity contribution in [1.29, 1.82) is 0 Å². The number of sulfonamides is 2. The second-order valence-electron chi connectivity index (χ2n) is 38.3. The van der Waals surface area contributed by atoms with E-state index in [2.05, 4.69) is 73.7 Å². The molecule has 2 aromatic heterocycles. The van der Waals surface area contributed by atoms with Crippen LogP contribution in [0.5, 0.6) is 0 Å². The van der Waals surface area contributed by atoms with E-state index >= 15 is 8.78 Å². The van der Waals surface area contributed by atoms with Crippen molar-refractivity contribution in [2.75, 3.05) is 162 Å². The molecule has 37 heteroatoms. The third-order valence-electron chi connectivity index (χ3n) is 27.0. The number of piperazine rings is 2. The highest BCUT2D eigenvalue weighted by Crippen LogP contribution is 2.48. The lowest BCUT2D eigenvalue weighted by molar-refractivity contribution is -0.148. The van der Waals surface area contributed by atoms with E-state index in [0.29, 0.717) is 156 Å². The van der Waals surface area contributed by atoms with Crippen molar-refractivity contribution in [1.82, 2.24) is 18.9 Å². The third-order valence-corrected chi connectivity index (χ3v) is 35.5. The van der Waals surface area contributed by atoms with E-state index < -0.39 is 77.2 Å². The van der Waals surface area contributed by atoms with E-state index in [1.54, 1.807) is 116 Å². The average Bonchev–Trinajstić information content (AvgIpc) is 1.58. The molecule has 4 saturated heterocycles. The number of likely N-dealkylation sites (tertiary alicyclic amines) is 2. The smallest absolute Gasteiger partial charge is 0.362 e. The lowest BCUT2D eigenvalue weighted by atomic mass is 9.97. The lowest BCUT2D eigenvalue weighted by Crippen LogP contribution is -2.46. The summed E-state index contributed by atoms with van der Waals surface area (Å²) in [6, 6.07) is 69.2. The van der Waals surface area contributed by atoms with Gasteiger partial charge in [-0.25, -0.2) is 42.5 Å². The number of aliphatic hydroxyl groups is 1. The van der Waals surface area contributed by atoms with E-state index in [4.69, 9.17) is 37.7 Å². The second kappa shape index (κ2) is 47.4. The van der Waals surface area contributed by atoms with Crippen LogP contribution in [0.15, 0.2) is 260 Å². The number of aryl methyl sites for hydroxylation is 2. The van der Waals surface area contributed by atoms with Crippen molar-refractivity contribution in [3.8, 4) is 44.8 Å². The van der Waals surface area contributed by atoms with Crippen molar-refractivity contribution < 1.29 is 71.4 Å². The van der Waals surface area contributed by atoms with Crippen molar-refractivity contribution in [2.24, 2.45) is 5.92 Å². The number of esters is 1. The molecule has 0 radical (unpaired) electrons. The van der Waals surface area contributed by atoms with Crippen LogP contribution in [0.25, 0.3) is 44.8 Å². The molecule has 2 atom stereocenters. The summed E-state index contributed by atoms with van der Waals surface area (Å²) in [7, 11) is -19.8. The molecular formula is C108H127Cl2F2N12O14PS6. The molecule has 4 aliphatic heterocycles. The molecule has 4 aliphatic rings. The van der Waals surface area contributed by atoms with E-state index in [0.717, 1.165) is 113 Å². The number of sulfone groups is 2. The fraction of sp³-hybridized carbons (Fsp3) is 0.361. The van der Waals surface area contributed by atoms with Gasteiger partial charge in [0.05, 0.1) is 43.0 Å². The number of rotatable bonds is 37. The molecule has 26 nitrogen and oxygen atoms in total. The first-order chi connectivity index (χ1) is 69.0. The number of benzene rings is 10. The van der Waals surface area contributed by atoms with Crippen LogP contribution in [0.2, 0.25) is 10.0 Å². The summed E-state index contributed by atoms with van der Waals surface area (Å²) >= 11 is 16.0. The number of thioether (sulfide) groups is 2. The molecule has 4 fully saturated rings. The Morgan fingerprint density at radius 3 is 1.14 bits per heavy atom. The quantitative estimate of drug-likeness (QED) is 0.0108. The Hall–Kier alpha value is -10.4. The number of piperidine rings is 2. The van der Waals surface area contributed by atoms with Gasteiger partial charge in [-0.05, 0) is 310 Å². The lowest BCUT2D eigenvalue weighted by Gasteiger charge is -2.37. The zero-order valence-corrected chi connectivity index (χ0v) is 90.3. The van der Waals surface area contributed by atoms with Gasteiger partial charge in [-0.15, -0.1) is 23.5 Å². The van der Waals surface area contributed by atoms with Crippen LogP contribution < -0.4 is 39.7 Å². The molecule has 16 rings (SSSR count). The predicted octanol–water partition coefficient (Wildman–Crippen LogP) is 21.5. The molecule has 0 aliphatic carbocycles. The van der Waals surface area contributed by atoms with Crippen LogP contribution in [0.3, 0.4) is 0 Å². The molecule has 0 amide bonds. The fourth-order valence-corrected chi connectivity index (χ4v) is 27.0. The van der Waals surface area contributed by atoms with Crippen LogP contribution in [0.4, 0.5) is 54.3 Å². The third kappa shape index (κ3) is 28.0. The normalized spacial score (nSPS) is 15.6. The Morgan fingerprint density at radius 2 is 0.800 bits per heavy atom. The molecule has 772 valence electrons. The number of ether oxygens (including phenoxy) is 1. The number of carbonyl (C=O) groups is 1. The van der Waals surface area contributed by atoms with Gasteiger partial charge in [0, 0.05) is 215 Å². The molecule has 145 heavy (non-hydrogen) atoms. The molecular weight excluding hydrogens is 2020 g/mol. The minimum atomic E-state index is -4.44. The summed E-state index contributed by atoms with van der Waals surface area (Å²) in [6.45, 7) is 24.8. The van der Waals surface area contributed by atoms with Gasteiger partial charge in [0.1, 0.15) is 11.6 Å². The first kappa shape index (κ1) is 109. The first-order valence-corrected chi connectivity index (χ1v) is 60.0. The van der Waals surface area contributed by atoms with E-state index in [-0.39, 0.29) is 49.9 Å². The van der Waals surface area contributed by atoms with Crippen molar-refractivity contribution in [2.45, 2.75) is 154 Å². The summed E-state index contributed by atoms with van der Waals surface area (Å²) in [5.74, 6) is -0.347. The van der Waals surface area contributed by atoms with Gasteiger partial charge in [-0.2, -0.15) is 0 Å². The number of hydrogen-bond donors (Lipinski definition) is 7. The highest BCUT2D eigenvalue weighted by molar-refractivity contribution is 7.99. The van der Waals surface area contributed by atoms with Crippen molar-refractivity contribution >= 4 is 146 Å². The number of halogens is 4. The zero-order valence-electron chi connectivity index (χ0n) is 83.0. The van der Waals surface area contributed by atoms with E-state index in [9.17, 15) is 48.1 Å². The molecule has 12 aromatic rings. The van der Waals surface area contributed by atoms with Crippen molar-refractivity contribution in [3.05, 3.63) is 275 Å². The minimum Gasteiger partial charge on any atom is -0.452 e. The van der Waals surface area contributed by atoms with E-state index in [1.807, 2.05) is 154 Å². The number of nitrogens with zero attached hydrogens (tertiary/aromatic N) is 8. The Labute approximate surface area is 869 Å². The summed E-state index contributed by atoms with van der Waals surface area (Å²) in [5.41, 5.74) is 13.2. The summed E-state index contributed by atoms with van der Waals surface area (Å²) < 4.78 is 166. The highest BCUT2D eigenvalue weighted by Gasteiger charge is 2.36. The molecule has 0 spiro atoms. The minimum absolute atomic E-state index is 0.0103. The van der Waals surface area contributed by atoms with Crippen LogP contribution in [-0.2, 0) is 53.8 Å². The Kier molecular flexibility index (Phi) is 35.6. The number of nitrogens with one attached hydrogen (secondary N) is 4. The Morgan fingerprint density at radius 1 is 0.448 bits per heavy atom. The first-order valence-electron chi connectivity index (χ1n) is 48.7. The van der Waals surface area contributed by atoms with Gasteiger partial charge in [0.15, 0.2) is 26.0 Å². The second-order valence-corrected chi connectivity index (χ2v) is 50.2. The van der Waals surface area contributed by atoms with Gasteiger partial charge in [-0.1, -0.05) is 83.9 Å². The number of anilines is 8. The fourth-order valence-electron chi connectivity index (χ4n) is 19.7. The molecule has 0 unspecified atom stereocenters. The van der Waals surface area contributed by atoms with Crippen LogP contribution >= 0.6 is 54.3 Å². The molecule has 0 bridgehead atoms. The SMILES string of the molecule is Cc1cc(S(=O)(=O)Nc2ccc(N3CCN(c4cc(F)cc(-c5c(S(C)(=O)=O)c(C)n(C(C)C)c5-c5ccc(Cl)cc5)c4)CC3)cc2)ccc1N[C@H](CCN1CCC(C(=O)OCP(=O)(O)O)CC1)CSc1ccccc1.Cc1cc(S(=O)(=O)Nc2ccc(N3CCN(c4cc(F)cc(-c5c(S(C)(=O)=O)c(C)n(C(C)C)c5-c5ccc(Cl)cc5)c4)CC3)cc2)ccc1N[C@H](CCN1CCC(O)CC1)CSc1ccccc1. The topological polar surface area (TPSA) is 318 Å². The van der Waals surface area contributed by atoms with Crippen LogP contribution in [-0.4, -0.2) is 214 Å². The number of hydrogen-bond acceptors (Lipinski definition) is 22. The largest absolute Gasteiger partial charge is 0.452 e. The van der Waals surface area contributed by atoms with Crippen LogP contribution in [0.1, 0.15) is 101 Å². The standard InChI is InChI=1S/C55H65ClFN6O9PS3.C53H62ClFN6O5S3/c1-37(2)63-39(4)54(75(5,68)69)52(53(63)40-11-13-43(56)14-12-40)42-32-44(57)34-48(33-42)62-29-27-61(28-30-62)47-17-15-45(16-18-47)59-76(70,71)50-19-20-51(38(3)31-50)58-46(35-74-49-9-7-6-8-10-49)23-26-60-24-21-41(22-25-60)55(64)72-36-73(65,66)67;1-36(2)61-38(4)53(68(5,63)64)51(52(61)39-11-13-41(54)14-12-39)40-32-42(55)34-46(33-40)60-29-27-59(28-30-60)45-17-15-43(16-18-45)57-69(65,66)49-19-20-50(37(3)31-49)56-44(35-67-48-9-7-6-8-10-48)21-24-58-25-22-47(62)23-26-58/h6-20,31-34,37,41,46,58-59H,21-30,35-36H2,1-5H3,(H2,65,66,67);6-20,31-34,36,44,47,56-57,62H,21-30,35H2,1-5H3/t46-;44-/m11/s1. The Balaban J connectivity index is 0.000000219. The van der Waals surface area contributed by atoms with E-state index in [1.165, 1.54) is 41.7 Å². The highest BCUT2D eigenvalue weighted by atomic mass is 35.5. The number of aliphatic hydroxyl groups excluding tert-OH is 1. The maximum absolute atomic E-state index is 15.8. The summed E-state index contributed by atoms with van der Waals surface area (Å²) in [6.07, 6.45) is 5.60. The molecule has 6 heterocycles. The van der Waals surface area contributed by atoms with Gasteiger partial charge in [-0.3, -0.25) is 18.8 Å². The maximum Gasteiger partial charge on any atom is 0.362 e. The average molecular weight is 2150 g/mol. The van der Waals surface area contributed by atoms with Crippen molar-refractivity contribution in [3.63, 3.8) is 0 Å². The monoisotopic (exact) mass is 2150 g/mol. The maximum atomic E-state index is 15.8. The summed E-state index contributed by atoms with van der Waals surface area (Å²) in [5, 5.41) is 18.5.